The maximum atomic E-state index is 11.5. The van der Waals surface area contributed by atoms with Crippen LogP contribution in [0.3, 0.4) is 0 Å². The molecular weight excluding hydrogens is 228 g/mol. The summed E-state index contributed by atoms with van der Waals surface area (Å²) in [6, 6.07) is -0.919. The van der Waals surface area contributed by atoms with E-state index in [1.807, 2.05) is 4.98 Å². The third kappa shape index (κ3) is 1.63. The van der Waals surface area contributed by atoms with Gasteiger partial charge in [0.2, 0.25) is 0 Å². The van der Waals surface area contributed by atoms with E-state index in [4.69, 9.17) is 5.11 Å². The predicted octanol–water partition coefficient (Wildman–Crippen LogP) is -0.633. The Bertz CT molecular complexity index is 708. The van der Waals surface area contributed by atoms with Crippen LogP contribution < -0.4 is 11.2 Å². The predicted molar refractivity (Wildman–Crippen MR) is 58.1 cm³/mol. The highest BCUT2D eigenvalue weighted by Gasteiger charge is 2.20. The number of carboxylic acids is 1. The fraction of sp³-hybridized carbons (Fsp3) is 0.333. The zero-order chi connectivity index (χ0) is 12.7. The van der Waals surface area contributed by atoms with Gasteiger partial charge >= 0.3 is 11.7 Å². The Morgan fingerprint density at radius 3 is 2.65 bits per heavy atom. The Kier molecular flexibility index (Phi) is 2.34. The molecule has 0 aliphatic rings. The lowest BCUT2D eigenvalue weighted by atomic mass is 10.3. The Morgan fingerprint density at radius 2 is 2.06 bits per heavy atom. The van der Waals surface area contributed by atoms with Crippen molar-refractivity contribution in [1.82, 2.24) is 19.5 Å². The number of fused-ring (bicyclic) bond motifs is 1. The van der Waals surface area contributed by atoms with E-state index in [0.29, 0.717) is 5.82 Å². The third-order valence-corrected chi connectivity index (χ3v) is 2.51. The molecule has 17 heavy (non-hydrogen) atoms. The molecule has 0 fully saturated rings. The summed E-state index contributed by atoms with van der Waals surface area (Å²) in [5.74, 6) is -0.726. The largest absolute Gasteiger partial charge is 0.480 e. The minimum atomic E-state index is -1.08. The molecule has 8 nitrogen and oxygen atoms in total. The molecule has 2 rings (SSSR count). The molecule has 0 aliphatic heterocycles. The van der Waals surface area contributed by atoms with Crippen molar-refractivity contribution < 1.29 is 9.90 Å². The Hall–Kier alpha value is -2.38. The van der Waals surface area contributed by atoms with E-state index < -0.39 is 23.3 Å². The highest BCUT2D eigenvalue weighted by Crippen LogP contribution is 2.15. The highest BCUT2D eigenvalue weighted by atomic mass is 16.4. The number of rotatable bonds is 2. The summed E-state index contributed by atoms with van der Waals surface area (Å²) in [5, 5.41) is 8.95. The fourth-order valence-corrected chi connectivity index (χ4v) is 1.71. The molecule has 3 N–H and O–H groups in total. The van der Waals surface area contributed by atoms with Crippen molar-refractivity contribution in [2.24, 2.45) is 0 Å². The summed E-state index contributed by atoms with van der Waals surface area (Å²) >= 11 is 0. The molecule has 0 amide bonds. The van der Waals surface area contributed by atoms with E-state index in [1.165, 1.54) is 11.5 Å². The number of aromatic nitrogens is 4. The van der Waals surface area contributed by atoms with Gasteiger partial charge in [0.25, 0.3) is 5.56 Å². The van der Waals surface area contributed by atoms with Crippen molar-refractivity contribution in [3.63, 3.8) is 0 Å². The van der Waals surface area contributed by atoms with Crippen molar-refractivity contribution in [2.75, 3.05) is 0 Å². The summed E-state index contributed by atoms with van der Waals surface area (Å²) < 4.78 is 1.30. The van der Waals surface area contributed by atoms with E-state index in [0.717, 1.165) is 0 Å². The number of nitrogens with one attached hydrogen (secondary N) is 2. The fourth-order valence-electron chi connectivity index (χ4n) is 1.71. The van der Waals surface area contributed by atoms with Crippen molar-refractivity contribution in [1.29, 1.82) is 0 Å². The van der Waals surface area contributed by atoms with Crippen molar-refractivity contribution in [3.05, 3.63) is 26.7 Å². The van der Waals surface area contributed by atoms with E-state index in [-0.39, 0.29) is 11.2 Å². The molecule has 0 bridgehead atoms. The lowest BCUT2D eigenvalue weighted by Gasteiger charge is -2.10. The van der Waals surface area contributed by atoms with Crippen molar-refractivity contribution in [3.8, 4) is 0 Å². The second-order valence-electron chi connectivity index (χ2n) is 3.65. The third-order valence-electron chi connectivity index (χ3n) is 2.51. The van der Waals surface area contributed by atoms with Gasteiger partial charge in [0.15, 0.2) is 5.52 Å². The van der Waals surface area contributed by atoms with Crippen LogP contribution in [0.2, 0.25) is 0 Å². The van der Waals surface area contributed by atoms with Gasteiger partial charge in [0.1, 0.15) is 17.5 Å². The first-order chi connectivity index (χ1) is 7.91. The SMILES string of the molecule is Cc1nc2c(=O)[nH]c(=O)[nH]c2n1C(C)C(=O)O. The first-order valence-electron chi connectivity index (χ1n) is 4.85. The van der Waals surface area contributed by atoms with Gasteiger partial charge in [0, 0.05) is 0 Å². The molecule has 0 saturated heterocycles. The van der Waals surface area contributed by atoms with Crippen LogP contribution in [0, 0.1) is 6.92 Å². The standard InChI is InChI=1S/C9H10N4O4/c1-3(8(15)16)13-4(2)10-5-6(13)11-9(17)12-7(5)14/h3H,1-2H3,(H,15,16)(H2,11,12,14,17). The number of imidazole rings is 1. The molecule has 90 valence electrons. The Labute approximate surface area is 93.9 Å². The number of carbonyl (C=O) groups is 1. The molecule has 0 aromatic carbocycles. The number of hydrogen-bond acceptors (Lipinski definition) is 4. The van der Waals surface area contributed by atoms with E-state index in [9.17, 15) is 14.4 Å². The number of carboxylic acid groups (broad SMARTS) is 1. The molecule has 1 atom stereocenters. The Morgan fingerprint density at radius 1 is 1.41 bits per heavy atom. The average Bonchev–Trinajstić information content (AvgIpc) is 2.54. The molecule has 0 radical (unpaired) electrons. The lowest BCUT2D eigenvalue weighted by molar-refractivity contribution is -0.140. The summed E-state index contributed by atoms with van der Waals surface area (Å²) in [7, 11) is 0. The van der Waals surface area contributed by atoms with Crippen molar-refractivity contribution >= 4 is 17.1 Å². The zero-order valence-corrected chi connectivity index (χ0v) is 9.14. The molecule has 8 heteroatoms. The molecule has 2 aromatic rings. The molecular formula is C9H10N4O4. The van der Waals surface area contributed by atoms with Gasteiger partial charge < -0.3 is 9.67 Å². The normalized spacial score (nSPS) is 12.8. The first-order valence-corrected chi connectivity index (χ1v) is 4.85. The molecule has 2 heterocycles. The summed E-state index contributed by atoms with van der Waals surface area (Å²) in [4.78, 5) is 41.9. The molecule has 0 aliphatic carbocycles. The smallest absolute Gasteiger partial charge is 0.327 e. The summed E-state index contributed by atoms with van der Waals surface area (Å²) in [5.41, 5.74) is -1.19. The molecule has 0 saturated carbocycles. The van der Waals surface area contributed by atoms with Crippen LogP contribution in [0.15, 0.2) is 9.59 Å². The van der Waals surface area contributed by atoms with Gasteiger partial charge in [-0.1, -0.05) is 0 Å². The second-order valence-corrected chi connectivity index (χ2v) is 3.65. The Balaban J connectivity index is 2.89. The average molecular weight is 238 g/mol. The van der Waals surface area contributed by atoms with Gasteiger partial charge in [-0.25, -0.2) is 14.6 Å². The lowest BCUT2D eigenvalue weighted by Crippen LogP contribution is -2.24. The quantitative estimate of drug-likeness (QED) is 0.643. The van der Waals surface area contributed by atoms with Gasteiger partial charge in [-0.15, -0.1) is 0 Å². The number of H-pyrrole nitrogens is 2. The number of aliphatic carboxylic acids is 1. The van der Waals surface area contributed by atoms with Crippen LogP contribution in [-0.2, 0) is 4.79 Å². The second kappa shape index (κ2) is 3.58. The maximum absolute atomic E-state index is 11.5. The monoisotopic (exact) mass is 238 g/mol. The topological polar surface area (TPSA) is 121 Å². The molecule has 1 unspecified atom stereocenters. The van der Waals surface area contributed by atoms with Crippen molar-refractivity contribution in [2.45, 2.75) is 19.9 Å². The van der Waals surface area contributed by atoms with Crippen LogP contribution in [0.5, 0.6) is 0 Å². The van der Waals surface area contributed by atoms with Crippen LogP contribution in [0.4, 0.5) is 0 Å². The number of nitrogens with zero attached hydrogens (tertiary/aromatic N) is 2. The molecule has 2 aromatic heterocycles. The van der Waals surface area contributed by atoms with Crippen LogP contribution in [-0.4, -0.2) is 30.6 Å². The van der Waals surface area contributed by atoms with E-state index in [2.05, 4.69) is 9.97 Å². The maximum Gasteiger partial charge on any atom is 0.327 e. The van der Waals surface area contributed by atoms with Gasteiger partial charge in [0.05, 0.1) is 0 Å². The van der Waals surface area contributed by atoms with Gasteiger partial charge in [-0.2, -0.15) is 0 Å². The van der Waals surface area contributed by atoms with Crippen LogP contribution in [0.1, 0.15) is 18.8 Å². The first kappa shape index (κ1) is 11.1. The number of hydrogen-bond donors (Lipinski definition) is 3. The minimum absolute atomic E-state index is 0.0233. The highest BCUT2D eigenvalue weighted by molar-refractivity contribution is 5.76. The number of aryl methyl sites for hydroxylation is 1. The number of aromatic amines is 2. The molecule has 0 spiro atoms. The summed E-state index contributed by atoms with van der Waals surface area (Å²) in [6.07, 6.45) is 0. The van der Waals surface area contributed by atoms with Gasteiger partial charge in [-0.3, -0.25) is 14.8 Å². The van der Waals surface area contributed by atoms with Gasteiger partial charge in [-0.05, 0) is 13.8 Å². The zero-order valence-electron chi connectivity index (χ0n) is 9.14. The minimum Gasteiger partial charge on any atom is -0.480 e. The van der Waals surface area contributed by atoms with Crippen LogP contribution in [0.25, 0.3) is 11.2 Å². The van der Waals surface area contributed by atoms with Crippen LogP contribution >= 0.6 is 0 Å². The van der Waals surface area contributed by atoms with E-state index in [1.54, 1.807) is 6.92 Å². The van der Waals surface area contributed by atoms with E-state index >= 15 is 0 Å². The summed E-state index contributed by atoms with van der Waals surface area (Å²) in [6.45, 7) is 3.01.